The molecular formula is C13H24N4O. The number of carbonyl (C=O) groups is 1. The van der Waals surface area contributed by atoms with E-state index in [0.29, 0.717) is 13.0 Å². The van der Waals surface area contributed by atoms with Crippen molar-refractivity contribution in [3.8, 4) is 0 Å². The van der Waals surface area contributed by atoms with Crippen molar-refractivity contribution in [2.45, 2.75) is 53.1 Å². The van der Waals surface area contributed by atoms with Crippen LogP contribution in [0.1, 0.15) is 37.2 Å². The van der Waals surface area contributed by atoms with E-state index in [9.17, 15) is 4.79 Å². The monoisotopic (exact) mass is 252 g/mol. The van der Waals surface area contributed by atoms with Gasteiger partial charge in [0.05, 0.1) is 11.2 Å². The molecule has 1 unspecified atom stereocenters. The van der Waals surface area contributed by atoms with Crippen LogP contribution in [0.4, 0.5) is 0 Å². The van der Waals surface area contributed by atoms with Crippen molar-refractivity contribution in [1.82, 2.24) is 15.1 Å². The first-order valence-corrected chi connectivity index (χ1v) is 6.37. The SMILES string of the molecule is CCNC(C)(CCn1nc(C)c(C)c1C)C(N)=O. The highest BCUT2D eigenvalue weighted by molar-refractivity contribution is 5.84. The zero-order chi connectivity index (χ0) is 13.9. The third kappa shape index (κ3) is 2.90. The van der Waals surface area contributed by atoms with E-state index in [2.05, 4.69) is 17.3 Å². The number of likely N-dealkylation sites (N-methyl/N-ethyl adjacent to an activating group) is 1. The first-order valence-electron chi connectivity index (χ1n) is 6.37. The molecule has 1 rings (SSSR count). The largest absolute Gasteiger partial charge is 0.368 e. The number of hydrogen-bond acceptors (Lipinski definition) is 3. The lowest BCUT2D eigenvalue weighted by atomic mass is 9.97. The predicted octanol–water partition coefficient (Wildman–Crippen LogP) is 1.05. The Labute approximate surface area is 109 Å². The molecule has 0 aliphatic heterocycles. The summed E-state index contributed by atoms with van der Waals surface area (Å²) in [5, 5.41) is 7.62. The minimum atomic E-state index is -0.672. The molecular weight excluding hydrogens is 228 g/mol. The van der Waals surface area contributed by atoms with Crippen molar-refractivity contribution in [2.75, 3.05) is 6.54 Å². The van der Waals surface area contributed by atoms with Crippen LogP contribution < -0.4 is 11.1 Å². The Kier molecular flexibility index (Phi) is 4.51. The summed E-state index contributed by atoms with van der Waals surface area (Å²) in [6.45, 7) is 11.3. The van der Waals surface area contributed by atoms with Gasteiger partial charge in [0, 0.05) is 12.2 Å². The van der Waals surface area contributed by atoms with E-state index < -0.39 is 5.54 Å². The van der Waals surface area contributed by atoms with E-state index in [1.807, 2.05) is 32.4 Å². The topological polar surface area (TPSA) is 72.9 Å². The molecule has 1 amide bonds. The maximum atomic E-state index is 11.5. The van der Waals surface area contributed by atoms with Crippen molar-refractivity contribution in [3.63, 3.8) is 0 Å². The summed E-state index contributed by atoms with van der Waals surface area (Å²) in [4.78, 5) is 11.5. The smallest absolute Gasteiger partial charge is 0.237 e. The van der Waals surface area contributed by atoms with Crippen LogP contribution in [0.2, 0.25) is 0 Å². The van der Waals surface area contributed by atoms with E-state index >= 15 is 0 Å². The Morgan fingerprint density at radius 3 is 2.44 bits per heavy atom. The van der Waals surface area contributed by atoms with Crippen molar-refractivity contribution in [1.29, 1.82) is 0 Å². The van der Waals surface area contributed by atoms with Gasteiger partial charge in [-0.3, -0.25) is 9.48 Å². The van der Waals surface area contributed by atoms with E-state index in [1.165, 1.54) is 5.56 Å². The van der Waals surface area contributed by atoms with Gasteiger partial charge in [-0.2, -0.15) is 5.10 Å². The molecule has 1 heterocycles. The third-order valence-corrected chi connectivity index (χ3v) is 3.68. The predicted molar refractivity (Wildman–Crippen MR) is 72.3 cm³/mol. The molecule has 0 radical (unpaired) electrons. The number of rotatable bonds is 6. The molecule has 1 aromatic rings. The summed E-state index contributed by atoms with van der Waals surface area (Å²) in [6.07, 6.45) is 0.636. The molecule has 102 valence electrons. The number of amides is 1. The highest BCUT2D eigenvalue weighted by Crippen LogP contribution is 2.15. The van der Waals surface area contributed by atoms with Gasteiger partial charge in [-0.15, -0.1) is 0 Å². The van der Waals surface area contributed by atoms with Crippen LogP contribution in [0.15, 0.2) is 0 Å². The van der Waals surface area contributed by atoms with Crippen LogP contribution in [-0.4, -0.2) is 27.8 Å². The quantitative estimate of drug-likeness (QED) is 0.795. The lowest BCUT2D eigenvalue weighted by Gasteiger charge is -2.27. The lowest BCUT2D eigenvalue weighted by Crippen LogP contribution is -2.53. The molecule has 0 fully saturated rings. The highest BCUT2D eigenvalue weighted by atomic mass is 16.1. The highest BCUT2D eigenvalue weighted by Gasteiger charge is 2.29. The van der Waals surface area contributed by atoms with Gasteiger partial charge in [0.15, 0.2) is 0 Å². The summed E-state index contributed by atoms with van der Waals surface area (Å²) >= 11 is 0. The molecule has 3 N–H and O–H groups in total. The molecule has 5 heteroatoms. The van der Waals surface area contributed by atoms with E-state index in [-0.39, 0.29) is 5.91 Å². The molecule has 18 heavy (non-hydrogen) atoms. The van der Waals surface area contributed by atoms with Gasteiger partial charge in [0.2, 0.25) is 5.91 Å². The second kappa shape index (κ2) is 5.52. The minimum Gasteiger partial charge on any atom is -0.368 e. The minimum absolute atomic E-state index is 0.317. The zero-order valence-corrected chi connectivity index (χ0v) is 12.0. The average Bonchev–Trinajstić information content (AvgIpc) is 2.54. The number of nitrogens with one attached hydrogen (secondary N) is 1. The van der Waals surface area contributed by atoms with Crippen molar-refractivity contribution in [3.05, 3.63) is 17.0 Å². The van der Waals surface area contributed by atoms with Crippen LogP contribution in [0, 0.1) is 20.8 Å². The number of aryl methyl sites for hydroxylation is 2. The zero-order valence-electron chi connectivity index (χ0n) is 12.0. The first-order chi connectivity index (χ1) is 8.31. The summed E-state index contributed by atoms with van der Waals surface area (Å²) in [6, 6.07) is 0. The Bertz CT molecular complexity index is 438. The Hall–Kier alpha value is -1.36. The second-order valence-corrected chi connectivity index (χ2v) is 5.00. The molecule has 0 aliphatic carbocycles. The van der Waals surface area contributed by atoms with Gasteiger partial charge in [-0.1, -0.05) is 6.92 Å². The number of carbonyl (C=O) groups excluding carboxylic acids is 1. The molecule has 0 bridgehead atoms. The van der Waals surface area contributed by atoms with Crippen LogP contribution in [0.25, 0.3) is 0 Å². The van der Waals surface area contributed by atoms with Crippen molar-refractivity contribution < 1.29 is 4.79 Å². The van der Waals surface area contributed by atoms with Gasteiger partial charge in [-0.25, -0.2) is 0 Å². The lowest BCUT2D eigenvalue weighted by molar-refractivity contribution is -0.124. The van der Waals surface area contributed by atoms with Crippen molar-refractivity contribution in [2.24, 2.45) is 5.73 Å². The maximum absolute atomic E-state index is 11.5. The van der Waals surface area contributed by atoms with Gasteiger partial charge >= 0.3 is 0 Å². The Morgan fingerprint density at radius 2 is 2.06 bits per heavy atom. The number of primary amides is 1. The number of aromatic nitrogens is 2. The molecule has 5 nitrogen and oxygen atoms in total. The summed E-state index contributed by atoms with van der Waals surface area (Å²) in [5.74, 6) is -0.317. The summed E-state index contributed by atoms with van der Waals surface area (Å²) < 4.78 is 1.95. The van der Waals surface area contributed by atoms with Crippen molar-refractivity contribution >= 4 is 5.91 Å². The standard InChI is InChI=1S/C13H24N4O/c1-6-15-13(5,12(14)18)7-8-17-11(4)9(2)10(3)16-17/h15H,6-8H2,1-5H3,(H2,14,18). The van der Waals surface area contributed by atoms with Gasteiger partial charge in [0.25, 0.3) is 0 Å². The number of hydrogen-bond donors (Lipinski definition) is 2. The number of nitrogens with zero attached hydrogens (tertiary/aromatic N) is 2. The van der Waals surface area contributed by atoms with Gasteiger partial charge in [-0.05, 0) is 46.2 Å². The normalized spacial score (nSPS) is 14.5. The first kappa shape index (κ1) is 14.7. The fraction of sp³-hybridized carbons (Fsp3) is 0.692. The molecule has 1 aromatic heterocycles. The molecule has 0 spiro atoms. The van der Waals surface area contributed by atoms with Crippen LogP contribution in [0.5, 0.6) is 0 Å². The van der Waals surface area contributed by atoms with E-state index in [4.69, 9.17) is 5.73 Å². The van der Waals surface area contributed by atoms with Gasteiger partial charge in [0.1, 0.15) is 0 Å². The average molecular weight is 252 g/mol. The fourth-order valence-electron chi connectivity index (χ4n) is 2.02. The van der Waals surface area contributed by atoms with Gasteiger partial charge < -0.3 is 11.1 Å². The Morgan fingerprint density at radius 1 is 1.44 bits per heavy atom. The maximum Gasteiger partial charge on any atom is 0.237 e. The second-order valence-electron chi connectivity index (χ2n) is 5.00. The van der Waals surface area contributed by atoms with E-state index in [0.717, 1.165) is 17.9 Å². The van der Waals surface area contributed by atoms with E-state index in [1.54, 1.807) is 0 Å². The van der Waals surface area contributed by atoms with Crippen LogP contribution in [0.3, 0.4) is 0 Å². The summed E-state index contributed by atoms with van der Waals surface area (Å²) in [7, 11) is 0. The number of nitrogens with two attached hydrogens (primary N) is 1. The molecule has 0 saturated heterocycles. The molecule has 0 saturated carbocycles. The van der Waals surface area contributed by atoms with Crippen LogP contribution in [-0.2, 0) is 11.3 Å². The fourth-order valence-corrected chi connectivity index (χ4v) is 2.02. The third-order valence-electron chi connectivity index (χ3n) is 3.68. The molecule has 1 atom stereocenters. The Balaban J connectivity index is 2.79. The molecule has 0 aliphatic rings. The van der Waals surface area contributed by atoms with Crippen LogP contribution >= 0.6 is 0 Å². The summed E-state index contributed by atoms with van der Waals surface area (Å²) in [5.41, 5.74) is 8.19. The molecule has 0 aromatic carbocycles.